The lowest BCUT2D eigenvalue weighted by molar-refractivity contribution is 0.181. The predicted octanol–water partition coefficient (Wildman–Crippen LogP) is 2.73. The highest BCUT2D eigenvalue weighted by Crippen LogP contribution is 2.20. The standard InChI is InChI=1S/C15H20N4O/c1-5-16-14-8-13(9-20-4)18-15(19-14)12-6-10(2)17-11(3)7-12/h6-8H,5,9H2,1-4H3,(H,16,18,19). The molecule has 0 saturated carbocycles. The summed E-state index contributed by atoms with van der Waals surface area (Å²) in [6.07, 6.45) is 0. The second-order valence-corrected chi connectivity index (χ2v) is 4.67. The number of hydrogen-bond acceptors (Lipinski definition) is 5. The first-order valence-electron chi connectivity index (χ1n) is 6.68. The van der Waals surface area contributed by atoms with E-state index in [9.17, 15) is 0 Å². The Labute approximate surface area is 119 Å². The van der Waals surface area contributed by atoms with E-state index < -0.39 is 0 Å². The third-order valence-electron chi connectivity index (χ3n) is 2.77. The number of anilines is 1. The van der Waals surface area contributed by atoms with Gasteiger partial charge in [0.25, 0.3) is 0 Å². The average Bonchev–Trinajstić information content (AvgIpc) is 2.38. The van der Waals surface area contributed by atoms with E-state index in [0.29, 0.717) is 12.4 Å². The van der Waals surface area contributed by atoms with Gasteiger partial charge in [-0.3, -0.25) is 4.98 Å². The first kappa shape index (κ1) is 14.4. The van der Waals surface area contributed by atoms with Crippen LogP contribution >= 0.6 is 0 Å². The number of hydrogen-bond donors (Lipinski definition) is 1. The van der Waals surface area contributed by atoms with Crippen LogP contribution in [0.3, 0.4) is 0 Å². The van der Waals surface area contributed by atoms with Crippen LogP contribution in [-0.4, -0.2) is 28.6 Å². The summed E-state index contributed by atoms with van der Waals surface area (Å²) < 4.78 is 5.17. The SMILES string of the molecule is CCNc1cc(COC)nc(-c2cc(C)nc(C)c2)n1. The highest BCUT2D eigenvalue weighted by molar-refractivity contribution is 5.58. The first-order chi connectivity index (χ1) is 9.62. The molecule has 0 amide bonds. The molecule has 0 bridgehead atoms. The number of methoxy groups -OCH3 is 1. The van der Waals surface area contributed by atoms with Crippen molar-refractivity contribution < 1.29 is 4.74 Å². The molecule has 106 valence electrons. The van der Waals surface area contributed by atoms with Crippen molar-refractivity contribution in [1.82, 2.24) is 15.0 Å². The molecular weight excluding hydrogens is 252 g/mol. The van der Waals surface area contributed by atoms with E-state index in [2.05, 4.69) is 20.3 Å². The molecule has 0 aliphatic rings. The molecule has 2 heterocycles. The summed E-state index contributed by atoms with van der Waals surface area (Å²) in [6, 6.07) is 5.90. The summed E-state index contributed by atoms with van der Waals surface area (Å²) in [5, 5.41) is 3.22. The largest absolute Gasteiger partial charge is 0.378 e. The molecule has 0 unspecified atom stereocenters. The quantitative estimate of drug-likeness (QED) is 0.907. The van der Waals surface area contributed by atoms with Gasteiger partial charge in [-0.25, -0.2) is 9.97 Å². The van der Waals surface area contributed by atoms with Gasteiger partial charge in [0.2, 0.25) is 0 Å². The fraction of sp³-hybridized carbons (Fsp3) is 0.400. The minimum atomic E-state index is 0.469. The van der Waals surface area contributed by atoms with Crippen LogP contribution in [0.25, 0.3) is 11.4 Å². The molecule has 2 aromatic heterocycles. The minimum Gasteiger partial charge on any atom is -0.378 e. The zero-order chi connectivity index (χ0) is 14.5. The molecule has 0 aromatic carbocycles. The summed E-state index contributed by atoms with van der Waals surface area (Å²) in [5.74, 6) is 1.51. The minimum absolute atomic E-state index is 0.469. The normalized spacial score (nSPS) is 10.6. The molecule has 20 heavy (non-hydrogen) atoms. The lowest BCUT2D eigenvalue weighted by Gasteiger charge is -2.09. The van der Waals surface area contributed by atoms with Crippen molar-refractivity contribution >= 4 is 5.82 Å². The maximum Gasteiger partial charge on any atom is 0.161 e. The van der Waals surface area contributed by atoms with Crippen LogP contribution in [-0.2, 0) is 11.3 Å². The average molecular weight is 272 g/mol. The van der Waals surface area contributed by atoms with Crippen molar-refractivity contribution in [3.63, 3.8) is 0 Å². The van der Waals surface area contributed by atoms with Crippen molar-refractivity contribution in [3.8, 4) is 11.4 Å². The van der Waals surface area contributed by atoms with Gasteiger partial charge in [-0.2, -0.15) is 0 Å². The van der Waals surface area contributed by atoms with Gasteiger partial charge in [-0.15, -0.1) is 0 Å². The molecule has 0 aliphatic carbocycles. The van der Waals surface area contributed by atoms with Crippen molar-refractivity contribution in [3.05, 3.63) is 35.3 Å². The molecule has 2 aromatic rings. The number of aryl methyl sites for hydroxylation is 2. The van der Waals surface area contributed by atoms with Crippen LogP contribution in [0.1, 0.15) is 24.0 Å². The molecular formula is C15H20N4O. The van der Waals surface area contributed by atoms with Gasteiger partial charge >= 0.3 is 0 Å². The summed E-state index contributed by atoms with van der Waals surface area (Å²) in [4.78, 5) is 13.5. The Kier molecular flexibility index (Phi) is 4.63. The van der Waals surface area contributed by atoms with E-state index in [1.807, 2.05) is 39.0 Å². The van der Waals surface area contributed by atoms with Crippen LogP contribution < -0.4 is 5.32 Å². The number of ether oxygens (including phenoxy) is 1. The van der Waals surface area contributed by atoms with Crippen molar-refractivity contribution in [2.75, 3.05) is 19.0 Å². The zero-order valence-corrected chi connectivity index (χ0v) is 12.4. The molecule has 0 fully saturated rings. The zero-order valence-electron chi connectivity index (χ0n) is 12.4. The maximum atomic E-state index is 5.17. The summed E-state index contributed by atoms with van der Waals surface area (Å²) in [7, 11) is 1.66. The van der Waals surface area contributed by atoms with Crippen LogP contribution in [0.4, 0.5) is 5.82 Å². The highest BCUT2D eigenvalue weighted by Gasteiger charge is 2.08. The number of pyridine rings is 1. The van der Waals surface area contributed by atoms with Crippen molar-refractivity contribution in [2.45, 2.75) is 27.4 Å². The van der Waals surface area contributed by atoms with Gasteiger partial charge in [0.05, 0.1) is 12.3 Å². The molecule has 0 atom stereocenters. The van der Waals surface area contributed by atoms with Crippen LogP contribution in [0.5, 0.6) is 0 Å². The third-order valence-corrected chi connectivity index (χ3v) is 2.77. The molecule has 2 rings (SSSR count). The fourth-order valence-corrected chi connectivity index (χ4v) is 2.08. The first-order valence-corrected chi connectivity index (χ1v) is 6.68. The molecule has 0 saturated heterocycles. The number of nitrogens with zero attached hydrogens (tertiary/aromatic N) is 3. The van der Waals surface area contributed by atoms with Gasteiger partial charge in [0, 0.05) is 36.7 Å². The second kappa shape index (κ2) is 6.43. The Morgan fingerprint density at radius 2 is 1.75 bits per heavy atom. The molecule has 0 spiro atoms. The Balaban J connectivity index is 2.48. The topological polar surface area (TPSA) is 59.9 Å². The Morgan fingerprint density at radius 1 is 1.05 bits per heavy atom. The number of nitrogens with one attached hydrogen (secondary N) is 1. The number of rotatable bonds is 5. The van der Waals surface area contributed by atoms with E-state index in [1.54, 1.807) is 7.11 Å². The van der Waals surface area contributed by atoms with Crippen LogP contribution in [0.2, 0.25) is 0 Å². The molecule has 1 N–H and O–H groups in total. The van der Waals surface area contributed by atoms with E-state index in [4.69, 9.17) is 4.74 Å². The van der Waals surface area contributed by atoms with Gasteiger partial charge in [-0.05, 0) is 32.9 Å². The van der Waals surface area contributed by atoms with E-state index in [-0.39, 0.29) is 0 Å². The van der Waals surface area contributed by atoms with Gasteiger partial charge in [0.1, 0.15) is 5.82 Å². The van der Waals surface area contributed by atoms with E-state index >= 15 is 0 Å². The third kappa shape index (κ3) is 3.51. The Morgan fingerprint density at radius 3 is 2.35 bits per heavy atom. The summed E-state index contributed by atoms with van der Waals surface area (Å²) in [5.41, 5.74) is 3.77. The van der Waals surface area contributed by atoms with Crippen LogP contribution in [0, 0.1) is 13.8 Å². The van der Waals surface area contributed by atoms with E-state index in [0.717, 1.165) is 35.0 Å². The lowest BCUT2D eigenvalue weighted by Crippen LogP contribution is -2.05. The van der Waals surface area contributed by atoms with Gasteiger partial charge in [0.15, 0.2) is 5.82 Å². The van der Waals surface area contributed by atoms with Crippen molar-refractivity contribution in [2.24, 2.45) is 0 Å². The fourth-order valence-electron chi connectivity index (χ4n) is 2.08. The summed E-state index contributed by atoms with van der Waals surface area (Å²) in [6.45, 7) is 7.27. The highest BCUT2D eigenvalue weighted by atomic mass is 16.5. The molecule has 5 nitrogen and oxygen atoms in total. The number of aromatic nitrogens is 3. The monoisotopic (exact) mass is 272 g/mol. The molecule has 0 aliphatic heterocycles. The van der Waals surface area contributed by atoms with Gasteiger partial charge in [-0.1, -0.05) is 0 Å². The summed E-state index contributed by atoms with van der Waals surface area (Å²) >= 11 is 0. The predicted molar refractivity (Wildman–Crippen MR) is 79.6 cm³/mol. The van der Waals surface area contributed by atoms with Crippen LogP contribution in [0.15, 0.2) is 18.2 Å². The van der Waals surface area contributed by atoms with Crippen molar-refractivity contribution in [1.29, 1.82) is 0 Å². The lowest BCUT2D eigenvalue weighted by atomic mass is 10.2. The Bertz CT molecular complexity index is 554. The second-order valence-electron chi connectivity index (χ2n) is 4.67. The molecule has 0 radical (unpaired) electrons. The maximum absolute atomic E-state index is 5.17. The van der Waals surface area contributed by atoms with E-state index in [1.165, 1.54) is 0 Å². The van der Waals surface area contributed by atoms with Gasteiger partial charge < -0.3 is 10.1 Å². The molecule has 5 heteroatoms. The smallest absolute Gasteiger partial charge is 0.161 e. The Hall–Kier alpha value is -2.01.